The van der Waals surface area contributed by atoms with E-state index in [0.29, 0.717) is 37.2 Å². The van der Waals surface area contributed by atoms with Crippen molar-refractivity contribution < 1.29 is 14.3 Å². The molecule has 27 heavy (non-hydrogen) atoms. The molecule has 3 aliphatic rings. The van der Waals surface area contributed by atoms with Crippen molar-refractivity contribution in [1.82, 2.24) is 14.5 Å². The summed E-state index contributed by atoms with van der Waals surface area (Å²) in [6.45, 7) is 2.97. The average Bonchev–Trinajstić information content (AvgIpc) is 3.43. The molecular weight excluding hydrogens is 344 g/mol. The fourth-order valence-corrected chi connectivity index (χ4v) is 5.06. The number of amides is 1. The summed E-state index contributed by atoms with van der Waals surface area (Å²) < 4.78 is 13.1. The number of ether oxygens (including phenoxy) is 2. The Bertz CT molecular complexity index is 861. The van der Waals surface area contributed by atoms with Crippen LogP contribution in [0.25, 0.3) is 11.0 Å². The lowest BCUT2D eigenvalue weighted by Crippen LogP contribution is -2.31. The van der Waals surface area contributed by atoms with Gasteiger partial charge in [-0.05, 0) is 31.0 Å². The van der Waals surface area contributed by atoms with E-state index in [1.165, 1.54) is 0 Å². The zero-order valence-electron chi connectivity index (χ0n) is 15.9. The normalized spacial score (nSPS) is 28.9. The van der Waals surface area contributed by atoms with Crippen molar-refractivity contribution in [3.63, 3.8) is 0 Å². The molecule has 0 saturated carbocycles. The minimum Gasteiger partial charge on any atom is -0.383 e. The maximum absolute atomic E-state index is 13.1. The van der Waals surface area contributed by atoms with Crippen molar-refractivity contribution >= 4 is 22.9 Å². The SMILES string of the molecule is COCCNc1nc2cc(C(=O)N3C[C@@H]4[C@H](C3)[C@H]3CC[C@@H]4O3)ccc2n1C. The third-order valence-corrected chi connectivity index (χ3v) is 6.46. The topological polar surface area (TPSA) is 68.6 Å². The number of hydrogen-bond donors (Lipinski definition) is 1. The molecule has 0 aliphatic carbocycles. The summed E-state index contributed by atoms with van der Waals surface area (Å²) in [5.74, 6) is 1.96. The first-order valence-corrected chi connectivity index (χ1v) is 9.79. The van der Waals surface area contributed by atoms with Gasteiger partial charge in [-0.2, -0.15) is 0 Å². The van der Waals surface area contributed by atoms with E-state index in [2.05, 4.69) is 10.3 Å². The van der Waals surface area contributed by atoms with Gasteiger partial charge in [-0.3, -0.25) is 4.79 Å². The largest absolute Gasteiger partial charge is 0.383 e. The Morgan fingerprint density at radius 3 is 2.74 bits per heavy atom. The van der Waals surface area contributed by atoms with Crippen LogP contribution in [-0.4, -0.2) is 65.9 Å². The first-order chi connectivity index (χ1) is 13.2. The molecule has 3 fully saturated rings. The molecule has 2 aromatic rings. The lowest BCUT2D eigenvalue weighted by Gasteiger charge is -2.19. The Morgan fingerprint density at radius 1 is 1.30 bits per heavy atom. The molecule has 0 unspecified atom stereocenters. The number of imidazole rings is 1. The van der Waals surface area contributed by atoms with Gasteiger partial charge in [0, 0.05) is 51.2 Å². The van der Waals surface area contributed by atoms with Crippen LogP contribution in [0.1, 0.15) is 23.2 Å². The van der Waals surface area contributed by atoms with E-state index in [1.807, 2.05) is 34.7 Å². The van der Waals surface area contributed by atoms with E-state index >= 15 is 0 Å². The molecule has 144 valence electrons. The second-order valence-corrected chi connectivity index (χ2v) is 7.95. The number of methoxy groups -OCH3 is 1. The highest BCUT2D eigenvalue weighted by atomic mass is 16.5. The number of aromatic nitrogens is 2. The van der Waals surface area contributed by atoms with Gasteiger partial charge in [-0.25, -0.2) is 4.98 Å². The lowest BCUT2D eigenvalue weighted by molar-refractivity contribution is 0.0594. The highest BCUT2D eigenvalue weighted by molar-refractivity contribution is 5.98. The Balaban J connectivity index is 1.35. The number of nitrogens with one attached hydrogen (secondary N) is 1. The Labute approximate surface area is 158 Å². The number of carbonyl (C=O) groups excluding carboxylic acids is 1. The van der Waals surface area contributed by atoms with Gasteiger partial charge >= 0.3 is 0 Å². The lowest BCUT2D eigenvalue weighted by atomic mass is 9.82. The van der Waals surface area contributed by atoms with Crippen molar-refractivity contribution in [3.05, 3.63) is 23.8 Å². The first-order valence-electron chi connectivity index (χ1n) is 9.79. The fraction of sp³-hybridized carbons (Fsp3) is 0.600. The number of anilines is 1. The summed E-state index contributed by atoms with van der Waals surface area (Å²) in [7, 11) is 3.65. The molecule has 0 radical (unpaired) electrons. The molecule has 4 atom stereocenters. The number of hydrogen-bond acceptors (Lipinski definition) is 5. The number of rotatable bonds is 5. The highest BCUT2D eigenvalue weighted by Crippen LogP contribution is 2.47. The van der Waals surface area contributed by atoms with Crippen LogP contribution in [0.2, 0.25) is 0 Å². The van der Waals surface area contributed by atoms with Crippen LogP contribution >= 0.6 is 0 Å². The molecule has 3 saturated heterocycles. The zero-order chi connectivity index (χ0) is 18.5. The van der Waals surface area contributed by atoms with Crippen LogP contribution < -0.4 is 5.32 Å². The Kier molecular flexibility index (Phi) is 4.09. The molecule has 3 aliphatic heterocycles. The summed E-state index contributed by atoms with van der Waals surface area (Å²) in [5, 5.41) is 3.27. The monoisotopic (exact) mass is 370 g/mol. The van der Waals surface area contributed by atoms with Gasteiger partial charge in [0.1, 0.15) is 0 Å². The highest BCUT2D eigenvalue weighted by Gasteiger charge is 2.53. The third kappa shape index (κ3) is 2.72. The summed E-state index contributed by atoms with van der Waals surface area (Å²) in [4.78, 5) is 19.7. The minimum atomic E-state index is 0.116. The van der Waals surface area contributed by atoms with Gasteiger partial charge < -0.3 is 24.3 Å². The standard InChI is InChI=1S/C20H26N4O3/c1-23-16-4-3-12(9-15(16)22-20(23)21-7-8-26-2)19(25)24-10-13-14(11-24)18-6-5-17(13)27-18/h3-4,9,13-14,17-18H,5-8,10-11H2,1-2H3,(H,21,22)/t13-,14+,17+,18-. The number of carbonyl (C=O) groups is 1. The fourth-order valence-electron chi connectivity index (χ4n) is 5.06. The molecule has 5 rings (SSSR count). The number of fused-ring (bicyclic) bond motifs is 6. The zero-order valence-corrected chi connectivity index (χ0v) is 15.9. The Morgan fingerprint density at radius 2 is 2.04 bits per heavy atom. The van der Waals surface area contributed by atoms with Gasteiger partial charge in [0.2, 0.25) is 5.95 Å². The maximum atomic E-state index is 13.1. The van der Waals surface area contributed by atoms with Crippen molar-refractivity contribution in [2.45, 2.75) is 25.0 Å². The number of likely N-dealkylation sites (tertiary alicyclic amines) is 1. The average molecular weight is 370 g/mol. The van der Waals surface area contributed by atoms with Gasteiger partial charge in [-0.15, -0.1) is 0 Å². The molecule has 1 N–H and O–H groups in total. The molecule has 1 aromatic heterocycles. The summed E-state index contributed by atoms with van der Waals surface area (Å²) in [6.07, 6.45) is 3.06. The molecule has 0 spiro atoms. The first kappa shape index (κ1) is 17.0. The van der Waals surface area contributed by atoms with Crippen LogP contribution in [0, 0.1) is 11.8 Å². The quantitative estimate of drug-likeness (QED) is 0.814. The smallest absolute Gasteiger partial charge is 0.253 e. The summed E-state index contributed by atoms with van der Waals surface area (Å²) >= 11 is 0. The van der Waals surface area contributed by atoms with E-state index in [-0.39, 0.29) is 5.91 Å². The van der Waals surface area contributed by atoms with E-state index < -0.39 is 0 Å². The van der Waals surface area contributed by atoms with Crippen LogP contribution in [0.3, 0.4) is 0 Å². The second kappa shape index (κ2) is 6.49. The molecule has 1 aromatic carbocycles. The predicted octanol–water partition coefficient (Wildman–Crippen LogP) is 1.88. The second-order valence-electron chi connectivity index (χ2n) is 7.95. The molecule has 2 bridgehead atoms. The number of benzene rings is 1. The third-order valence-electron chi connectivity index (χ3n) is 6.46. The summed E-state index contributed by atoms with van der Waals surface area (Å²) in [5.41, 5.74) is 2.57. The van der Waals surface area contributed by atoms with Crippen LogP contribution in [0.5, 0.6) is 0 Å². The van der Waals surface area contributed by atoms with Crippen LogP contribution in [0.15, 0.2) is 18.2 Å². The maximum Gasteiger partial charge on any atom is 0.253 e. The van der Waals surface area contributed by atoms with Gasteiger partial charge in [0.15, 0.2) is 0 Å². The molecule has 4 heterocycles. The van der Waals surface area contributed by atoms with Crippen molar-refractivity contribution in [1.29, 1.82) is 0 Å². The van der Waals surface area contributed by atoms with E-state index in [9.17, 15) is 4.79 Å². The van der Waals surface area contributed by atoms with Gasteiger partial charge in [-0.1, -0.05) is 0 Å². The van der Waals surface area contributed by atoms with Crippen molar-refractivity contribution in [2.75, 3.05) is 38.7 Å². The molecular formula is C20H26N4O3. The van der Waals surface area contributed by atoms with Crippen molar-refractivity contribution in [3.8, 4) is 0 Å². The van der Waals surface area contributed by atoms with Gasteiger partial charge in [0.25, 0.3) is 5.91 Å². The molecule has 7 nitrogen and oxygen atoms in total. The van der Waals surface area contributed by atoms with Crippen LogP contribution in [-0.2, 0) is 16.5 Å². The minimum absolute atomic E-state index is 0.116. The van der Waals surface area contributed by atoms with E-state index in [0.717, 1.165) is 48.5 Å². The van der Waals surface area contributed by atoms with E-state index in [1.54, 1.807) is 7.11 Å². The molecule has 7 heteroatoms. The van der Waals surface area contributed by atoms with Gasteiger partial charge in [0.05, 0.1) is 29.8 Å². The number of nitrogens with zero attached hydrogens (tertiary/aromatic N) is 3. The predicted molar refractivity (Wildman–Crippen MR) is 102 cm³/mol. The van der Waals surface area contributed by atoms with Crippen molar-refractivity contribution in [2.24, 2.45) is 18.9 Å². The molecule has 1 amide bonds. The van der Waals surface area contributed by atoms with Crippen LogP contribution in [0.4, 0.5) is 5.95 Å². The Hall–Kier alpha value is -2.12. The number of aryl methyl sites for hydroxylation is 1. The summed E-state index contributed by atoms with van der Waals surface area (Å²) in [6, 6.07) is 5.82. The van der Waals surface area contributed by atoms with E-state index in [4.69, 9.17) is 9.47 Å².